The molecular formula is C29H35FN4O5. The Kier molecular flexibility index (Phi) is 7.74. The van der Waals surface area contributed by atoms with Crippen LogP contribution in [0, 0.1) is 18.7 Å². The van der Waals surface area contributed by atoms with Crippen molar-refractivity contribution in [1.29, 1.82) is 0 Å². The molecule has 0 spiro atoms. The summed E-state index contributed by atoms with van der Waals surface area (Å²) < 4.78 is 26.1. The Labute approximate surface area is 226 Å². The Balaban J connectivity index is 1.38. The molecule has 9 nitrogen and oxygen atoms in total. The molecule has 5 rings (SSSR count). The minimum atomic E-state index is -1.04. The van der Waals surface area contributed by atoms with E-state index in [0.29, 0.717) is 77.4 Å². The number of fused-ring (bicyclic) bond motifs is 1. The van der Waals surface area contributed by atoms with Gasteiger partial charge >= 0.3 is 0 Å². The van der Waals surface area contributed by atoms with Crippen molar-refractivity contribution in [3.63, 3.8) is 0 Å². The maximum atomic E-state index is 14.8. The zero-order chi connectivity index (χ0) is 27.7. The SMILES string of the molecule is COc1cc(OCC2CC2)c(-c2ccnc3c(C(=O)NC4CCC(NC(=O)[C@H](C)O)CC4)c(C)[nH]c23)cc1F. The number of aromatic amines is 1. The van der Waals surface area contributed by atoms with Crippen LogP contribution in [0.25, 0.3) is 22.2 Å². The van der Waals surface area contributed by atoms with Crippen LogP contribution < -0.4 is 20.1 Å². The number of H-pyrrole nitrogens is 1. The van der Waals surface area contributed by atoms with Crippen LogP contribution in [0.5, 0.6) is 11.5 Å². The summed E-state index contributed by atoms with van der Waals surface area (Å²) in [6, 6.07) is 4.71. The fourth-order valence-corrected chi connectivity index (χ4v) is 5.18. The molecule has 1 atom stereocenters. The van der Waals surface area contributed by atoms with Gasteiger partial charge in [0.25, 0.3) is 5.91 Å². The molecule has 0 radical (unpaired) electrons. The second kappa shape index (κ2) is 11.2. The molecule has 2 amide bonds. The van der Waals surface area contributed by atoms with Crippen LogP contribution in [0.4, 0.5) is 4.39 Å². The number of hydrogen-bond acceptors (Lipinski definition) is 6. The molecule has 2 aliphatic rings. The number of benzene rings is 1. The number of pyridine rings is 1. The summed E-state index contributed by atoms with van der Waals surface area (Å²) in [5.74, 6) is 0.0300. The number of halogens is 1. The predicted octanol–water partition coefficient (Wildman–Crippen LogP) is 4.01. The molecule has 2 aromatic heterocycles. The van der Waals surface area contributed by atoms with Gasteiger partial charge in [0.05, 0.1) is 24.8 Å². The first-order chi connectivity index (χ1) is 18.7. The fraction of sp³-hybridized carbons (Fsp3) is 0.483. The number of aryl methyl sites for hydroxylation is 1. The minimum absolute atomic E-state index is 0.0134. The highest BCUT2D eigenvalue weighted by Gasteiger charge is 2.28. The molecule has 4 N–H and O–H groups in total. The van der Waals surface area contributed by atoms with Gasteiger partial charge in [-0.3, -0.25) is 14.6 Å². The van der Waals surface area contributed by atoms with Gasteiger partial charge < -0.3 is 30.2 Å². The van der Waals surface area contributed by atoms with Gasteiger partial charge in [0.2, 0.25) is 5.91 Å². The molecule has 3 aromatic rings. The zero-order valence-electron chi connectivity index (χ0n) is 22.5. The zero-order valence-corrected chi connectivity index (χ0v) is 22.5. The average Bonchev–Trinajstić information content (AvgIpc) is 3.68. The standard InChI is InChI=1S/C29H35FN4O5/c1-15-25(29(37)34-19-8-6-18(7-9-19)33-28(36)16(2)35)27-26(32-15)20(10-11-31-27)21-12-22(30)24(38-3)13-23(21)39-14-17-4-5-17/h10-13,16-19,32,35H,4-9,14H2,1-3H3,(H,33,36)(H,34,37)/t16-,18?,19?/m0/s1. The van der Waals surface area contributed by atoms with Crippen molar-refractivity contribution in [2.75, 3.05) is 13.7 Å². The third-order valence-corrected chi connectivity index (χ3v) is 7.61. The number of aromatic nitrogens is 2. The van der Waals surface area contributed by atoms with Crippen LogP contribution in [0.2, 0.25) is 0 Å². The van der Waals surface area contributed by atoms with Crippen LogP contribution in [0.15, 0.2) is 24.4 Å². The number of nitrogens with zero attached hydrogens (tertiary/aromatic N) is 1. The minimum Gasteiger partial charge on any atom is -0.494 e. The van der Waals surface area contributed by atoms with Gasteiger partial charge in [-0.05, 0) is 70.4 Å². The smallest absolute Gasteiger partial charge is 0.255 e. The first kappa shape index (κ1) is 26.9. The van der Waals surface area contributed by atoms with Crippen LogP contribution in [-0.4, -0.2) is 58.8 Å². The molecule has 1 aromatic carbocycles. The molecule has 2 heterocycles. The summed E-state index contributed by atoms with van der Waals surface area (Å²) >= 11 is 0. The van der Waals surface area contributed by atoms with Crippen molar-refractivity contribution >= 4 is 22.8 Å². The van der Waals surface area contributed by atoms with E-state index < -0.39 is 11.9 Å². The van der Waals surface area contributed by atoms with E-state index in [1.54, 1.807) is 18.3 Å². The van der Waals surface area contributed by atoms with E-state index in [4.69, 9.17) is 9.47 Å². The number of hydrogen-bond donors (Lipinski definition) is 4. The van der Waals surface area contributed by atoms with Crippen molar-refractivity contribution in [2.24, 2.45) is 5.92 Å². The molecular weight excluding hydrogens is 503 g/mol. The van der Waals surface area contributed by atoms with Gasteiger partial charge in [0.1, 0.15) is 17.4 Å². The number of aliphatic hydroxyl groups is 1. The molecule has 2 aliphatic carbocycles. The summed E-state index contributed by atoms with van der Waals surface area (Å²) in [5, 5.41) is 15.4. The van der Waals surface area contributed by atoms with Crippen molar-refractivity contribution < 1.29 is 28.6 Å². The number of carbonyl (C=O) groups is 2. The summed E-state index contributed by atoms with van der Waals surface area (Å²) in [4.78, 5) is 33.0. The van der Waals surface area contributed by atoms with E-state index in [0.717, 1.165) is 12.8 Å². The normalized spacial score (nSPS) is 19.9. The molecule has 0 saturated heterocycles. The molecule has 0 bridgehead atoms. The number of rotatable bonds is 9. The maximum absolute atomic E-state index is 14.8. The van der Waals surface area contributed by atoms with Gasteiger partial charge in [-0.1, -0.05) is 0 Å². The quantitative estimate of drug-likeness (QED) is 0.326. The van der Waals surface area contributed by atoms with Gasteiger partial charge in [-0.2, -0.15) is 0 Å². The van der Waals surface area contributed by atoms with Crippen molar-refractivity contribution in [2.45, 2.75) is 70.6 Å². The van der Waals surface area contributed by atoms with Crippen molar-refractivity contribution in [1.82, 2.24) is 20.6 Å². The van der Waals surface area contributed by atoms with Crippen LogP contribution in [0.3, 0.4) is 0 Å². The highest BCUT2D eigenvalue weighted by Crippen LogP contribution is 2.40. The van der Waals surface area contributed by atoms with Gasteiger partial charge in [-0.25, -0.2) is 4.39 Å². The lowest BCUT2D eigenvalue weighted by atomic mass is 9.90. The van der Waals surface area contributed by atoms with Gasteiger partial charge in [0, 0.05) is 41.2 Å². The number of carbonyl (C=O) groups excluding carboxylic acids is 2. The van der Waals surface area contributed by atoms with Crippen LogP contribution in [0.1, 0.15) is 61.5 Å². The third kappa shape index (κ3) is 5.85. The summed E-state index contributed by atoms with van der Waals surface area (Å²) in [5.41, 5.74) is 3.49. The lowest BCUT2D eigenvalue weighted by molar-refractivity contribution is -0.129. The molecule has 208 valence electrons. The molecule has 0 unspecified atom stereocenters. The van der Waals surface area contributed by atoms with E-state index in [1.807, 2.05) is 6.92 Å². The molecule has 0 aliphatic heterocycles. The topological polar surface area (TPSA) is 126 Å². The second-order valence-electron chi connectivity index (χ2n) is 10.7. The molecule has 39 heavy (non-hydrogen) atoms. The van der Waals surface area contributed by atoms with E-state index in [2.05, 4.69) is 20.6 Å². The lowest BCUT2D eigenvalue weighted by Crippen LogP contribution is -2.46. The highest BCUT2D eigenvalue weighted by atomic mass is 19.1. The van der Waals surface area contributed by atoms with Crippen molar-refractivity contribution in [3.8, 4) is 22.6 Å². The predicted molar refractivity (Wildman–Crippen MR) is 144 cm³/mol. The Morgan fingerprint density at radius 2 is 1.79 bits per heavy atom. The summed E-state index contributed by atoms with van der Waals surface area (Å²) in [6.07, 6.45) is 5.67. The van der Waals surface area contributed by atoms with E-state index in [-0.39, 0.29) is 29.6 Å². The monoisotopic (exact) mass is 538 g/mol. The largest absolute Gasteiger partial charge is 0.494 e. The van der Waals surface area contributed by atoms with E-state index in [9.17, 15) is 19.1 Å². The Morgan fingerprint density at radius 1 is 1.10 bits per heavy atom. The number of amides is 2. The number of methoxy groups -OCH3 is 1. The maximum Gasteiger partial charge on any atom is 0.255 e. The van der Waals surface area contributed by atoms with Crippen LogP contribution >= 0.6 is 0 Å². The van der Waals surface area contributed by atoms with E-state index >= 15 is 0 Å². The number of aliphatic hydroxyl groups excluding tert-OH is 1. The summed E-state index contributed by atoms with van der Waals surface area (Å²) in [7, 11) is 1.42. The lowest BCUT2D eigenvalue weighted by Gasteiger charge is -2.30. The first-order valence-corrected chi connectivity index (χ1v) is 13.5. The Morgan fingerprint density at radius 3 is 2.44 bits per heavy atom. The Hall–Kier alpha value is -3.66. The fourth-order valence-electron chi connectivity index (χ4n) is 5.18. The third-order valence-electron chi connectivity index (χ3n) is 7.61. The van der Waals surface area contributed by atoms with Gasteiger partial charge in [-0.15, -0.1) is 0 Å². The van der Waals surface area contributed by atoms with E-state index in [1.165, 1.54) is 20.1 Å². The van der Waals surface area contributed by atoms with Crippen LogP contribution in [-0.2, 0) is 4.79 Å². The molecule has 10 heteroatoms. The highest BCUT2D eigenvalue weighted by molar-refractivity contribution is 6.09. The number of nitrogens with one attached hydrogen (secondary N) is 3. The molecule has 2 saturated carbocycles. The van der Waals surface area contributed by atoms with Gasteiger partial charge in [0.15, 0.2) is 11.6 Å². The Bertz CT molecular complexity index is 1380. The first-order valence-electron chi connectivity index (χ1n) is 13.5. The number of ether oxygens (including phenoxy) is 2. The summed E-state index contributed by atoms with van der Waals surface area (Å²) in [6.45, 7) is 3.82. The van der Waals surface area contributed by atoms with Crippen molar-refractivity contribution in [3.05, 3.63) is 41.5 Å². The average molecular weight is 539 g/mol. The second-order valence-corrected chi connectivity index (χ2v) is 10.7. The molecule has 2 fully saturated rings.